The number of nitrogens with zero attached hydrogens (tertiary/aromatic N) is 1. The molecule has 0 atom stereocenters. The molecule has 0 aliphatic carbocycles. The summed E-state index contributed by atoms with van der Waals surface area (Å²) in [5, 5.41) is 7.16. The summed E-state index contributed by atoms with van der Waals surface area (Å²) in [6, 6.07) is 8.07. The average molecular weight is 231 g/mol. The third kappa shape index (κ3) is 2.31. The number of nitrogens with one attached hydrogen (secondary N) is 1. The smallest absolute Gasteiger partial charge is 0.122 e. The van der Waals surface area contributed by atoms with Crippen LogP contribution in [-0.4, -0.2) is 17.3 Å². The van der Waals surface area contributed by atoms with E-state index >= 15 is 0 Å². The number of hydrogen-bond acceptors (Lipinski definition) is 3. The van der Waals surface area contributed by atoms with E-state index in [0.717, 1.165) is 29.1 Å². The third-order valence-corrected chi connectivity index (χ3v) is 2.81. The minimum atomic E-state index is 0.476. The number of rotatable bonds is 4. The van der Waals surface area contributed by atoms with Gasteiger partial charge in [0.15, 0.2) is 0 Å². The molecule has 17 heavy (non-hydrogen) atoms. The van der Waals surface area contributed by atoms with Crippen LogP contribution in [0.1, 0.15) is 18.2 Å². The lowest BCUT2D eigenvalue weighted by Crippen LogP contribution is -1.95. The van der Waals surface area contributed by atoms with Crippen molar-refractivity contribution < 1.29 is 4.74 Å². The largest absolute Gasteiger partial charge is 0.496 e. The molecule has 3 N–H and O–H groups in total. The number of ether oxygens (including phenoxy) is 1. The van der Waals surface area contributed by atoms with Crippen molar-refractivity contribution in [1.29, 1.82) is 0 Å². The van der Waals surface area contributed by atoms with Gasteiger partial charge in [-0.15, -0.1) is 0 Å². The monoisotopic (exact) mass is 231 g/mol. The maximum atomic E-state index is 5.55. The van der Waals surface area contributed by atoms with E-state index in [1.165, 1.54) is 5.56 Å². The first-order chi connectivity index (χ1) is 8.28. The van der Waals surface area contributed by atoms with Crippen molar-refractivity contribution in [1.82, 2.24) is 10.2 Å². The van der Waals surface area contributed by atoms with Crippen LogP contribution in [-0.2, 0) is 13.0 Å². The summed E-state index contributed by atoms with van der Waals surface area (Å²) in [6.45, 7) is 2.58. The first-order valence-corrected chi connectivity index (χ1v) is 5.70. The molecule has 1 aromatic carbocycles. The van der Waals surface area contributed by atoms with Gasteiger partial charge in [0.25, 0.3) is 0 Å². The van der Waals surface area contributed by atoms with Crippen LogP contribution in [0.4, 0.5) is 0 Å². The van der Waals surface area contributed by atoms with Crippen LogP contribution in [0.3, 0.4) is 0 Å². The number of aromatic amines is 1. The number of H-pyrrole nitrogens is 1. The molecule has 1 heterocycles. The zero-order chi connectivity index (χ0) is 12.3. The summed E-state index contributed by atoms with van der Waals surface area (Å²) in [4.78, 5) is 0. The highest BCUT2D eigenvalue weighted by Crippen LogP contribution is 2.26. The Morgan fingerprint density at radius 2 is 2.18 bits per heavy atom. The van der Waals surface area contributed by atoms with Crippen molar-refractivity contribution in [2.45, 2.75) is 19.9 Å². The van der Waals surface area contributed by atoms with Crippen molar-refractivity contribution in [3.63, 3.8) is 0 Å². The molecule has 0 unspecified atom stereocenters. The second-order valence-corrected chi connectivity index (χ2v) is 3.86. The molecule has 2 aromatic rings. The fourth-order valence-corrected chi connectivity index (χ4v) is 1.83. The molecule has 2 rings (SSSR count). The van der Waals surface area contributed by atoms with E-state index < -0.39 is 0 Å². The number of methoxy groups -OCH3 is 1. The van der Waals surface area contributed by atoms with Gasteiger partial charge in [0.05, 0.1) is 12.8 Å². The molecule has 4 nitrogen and oxygen atoms in total. The maximum Gasteiger partial charge on any atom is 0.122 e. The van der Waals surface area contributed by atoms with Crippen molar-refractivity contribution in [2.24, 2.45) is 5.73 Å². The Morgan fingerprint density at radius 1 is 1.35 bits per heavy atom. The van der Waals surface area contributed by atoms with E-state index in [2.05, 4.69) is 23.2 Å². The van der Waals surface area contributed by atoms with E-state index in [9.17, 15) is 0 Å². The van der Waals surface area contributed by atoms with E-state index in [0.29, 0.717) is 6.54 Å². The maximum absolute atomic E-state index is 5.55. The second kappa shape index (κ2) is 5.01. The minimum absolute atomic E-state index is 0.476. The van der Waals surface area contributed by atoms with Crippen LogP contribution in [0.5, 0.6) is 5.75 Å². The highest BCUT2D eigenvalue weighted by Gasteiger charge is 2.07. The van der Waals surface area contributed by atoms with Crippen LogP contribution < -0.4 is 10.5 Å². The van der Waals surface area contributed by atoms with Crippen LogP contribution in [0.25, 0.3) is 11.3 Å². The molecule has 4 heteroatoms. The number of aryl methyl sites for hydroxylation is 1. The van der Waals surface area contributed by atoms with Gasteiger partial charge in [-0.05, 0) is 36.2 Å². The molecule has 0 radical (unpaired) electrons. The molecule has 0 saturated heterocycles. The highest BCUT2D eigenvalue weighted by molar-refractivity contribution is 5.62. The molecule has 0 spiro atoms. The van der Waals surface area contributed by atoms with Gasteiger partial charge in [0, 0.05) is 17.8 Å². The number of hydrogen-bond donors (Lipinski definition) is 2. The fraction of sp³-hybridized carbons (Fsp3) is 0.308. The summed E-state index contributed by atoms with van der Waals surface area (Å²) < 4.78 is 5.31. The van der Waals surface area contributed by atoms with Gasteiger partial charge in [-0.3, -0.25) is 5.10 Å². The fourth-order valence-electron chi connectivity index (χ4n) is 1.83. The van der Waals surface area contributed by atoms with Gasteiger partial charge < -0.3 is 10.5 Å². The molecular weight excluding hydrogens is 214 g/mol. The van der Waals surface area contributed by atoms with Gasteiger partial charge in [0.1, 0.15) is 5.75 Å². The Morgan fingerprint density at radius 3 is 2.76 bits per heavy atom. The van der Waals surface area contributed by atoms with Crippen molar-refractivity contribution in [3.8, 4) is 17.0 Å². The predicted molar refractivity (Wildman–Crippen MR) is 67.8 cm³/mol. The first kappa shape index (κ1) is 11.7. The normalized spacial score (nSPS) is 10.5. The third-order valence-electron chi connectivity index (χ3n) is 2.81. The molecule has 90 valence electrons. The summed E-state index contributed by atoms with van der Waals surface area (Å²) in [6.07, 6.45) is 0.936. The van der Waals surface area contributed by atoms with Crippen molar-refractivity contribution in [3.05, 3.63) is 35.5 Å². The van der Waals surface area contributed by atoms with Gasteiger partial charge in [-0.1, -0.05) is 6.92 Å². The second-order valence-electron chi connectivity index (χ2n) is 3.86. The van der Waals surface area contributed by atoms with Gasteiger partial charge in [-0.25, -0.2) is 0 Å². The molecule has 1 aromatic heterocycles. The molecular formula is C13H17N3O. The van der Waals surface area contributed by atoms with E-state index in [4.69, 9.17) is 10.5 Å². The molecule has 0 fully saturated rings. The molecule has 0 aliphatic heterocycles. The molecule has 0 saturated carbocycles. The molecule has 0 aliphatic rings. The summed E-state index contributed by atoms with van der Waals surface area (Å²) in [5.74, 6) is 0.922. The Balaban J connectivity index is 2.38. The lowest BCUT2D eigenvalue weighted by Gasteiger charge is -2.07. The average Bonchev–Trinajstić information content (AvgIpc) is 2.86. The highest BCUT2D eigenvalue weighted by atomic mass is 16.5. The summed E-state index contributed by atoms with van der Waals surface area (Å²) in [7, 11) is 1.69. The lowest BCUT2D eigenvalue weighted by atomic mass is 10.1. The van der Waals surface area contributed by atoms with Gasteiger partial charge in [0.2, 0.25) is 0 Å². The van der Waals surface area contributed by atoms with Crippen LogP contribution in [0.15, 0.2) is 24.3 Å². The number of nitrogens with two attached hydrogens (primary N) is 1. The first-order valence-electron chi connectivity index (χ1n) is 5.70. The number of benzene rings is 1. The standard InChI is InChI=1S/C13H17N3O/c1-3-9-6-10(4-5-13(9)17-2)12-7-11(8-14)15-16-12/h4-7H,3,8,14H2,1-2H3,(H,15,16). The zero-order valence-electron chi connectivity index (χ0n) is 10.2. The SMILES string of the molecule is CCc1cc(-c2cc(CN)[nH]n2)ccc1OC. The van der Waals surface area contributed by atoms with E-state index in [1.54, 1.807) is 7.11 Å². The van der Waals surface area contributed by atoms with Crippen LogP contribution >= 0.6 is 0 Å². The minimum Gasteiger partial charge on any atom is -0.496 e. The number of aromatic nitrogens is 2. The van der Waals surface area contributed by atoms with Crippen molar-refractivity contribution in [2.75, 3.05) is 7.11 Å². The molecule has 0 bridgehead atoms. The Bertz CT molecular complexity index is 505. The topological polar surface area (TPSA) is 63.9 Å². The van der Waals surface area contributed by atoms with Crippen LogP contribution in [0.2, 0.25) is 0 Å². The Kier molecular flexibility index (Phi) is 3.44. The van der Waals surface area contributed by atoms with E-state index in [-0.39, 0.29) is 0 Å². The van der Waals surface area contributed by atoms with Crippen molar-refractivity contribution >= 4 is 0 Å². The molecule has 0 amide bonds. The van der Waals surface area contributed by atoms with Crippen LogP contribution in [0, 0.1) is 0 Å². The quantitative estimate of drug-likeness (QED) is 0.847. The van der Waals surface area contributed by atoms with Gasteiger partial charge >= 0.3 is 0 Å². The Hall–Kier alpha value is -1.81. The lowest BCUT2D eigenvalue weighted by molar-refractivity contribution is 0.410. The summed E-state index contributed by atoms with van der Waals surface area (Å²) >= 11 is 0. The van der Waals surface area contributed by atoms with Gasteiger partial charge in [-0.2, -0.15) is 5.10 Å². The zero-order valence-corrected chi connectivity index (χ0v) is 10.2. The Labute approximate surface area is 101 Å². The predicted octanol–water partition coefficient (Wildman–Crippen LogP) is 2.11. The van der Waals surface area contributed by atoms with E-state index in [1.807, 2.05) is 18.2 Å². The summed E-state index contributed by atoms with van der Waals surface area (Å²) in [5.41, 5.74) is 9.67.